The van der Waals surface area contributed by atoms with E-state index in [9.17, 15) is 9.90 Å². The second-order valence-corrected chi connectivity index (χ2v) is 10.7. The van der Waals surface area contributed by atoms with E-state index in [1.807, 2.05) is 0 Å². The smallest absolute Gasteiger partial charge is 0.314 e. The molecule has 0 aromatic heterocycles. The number of unbranched alkanes of at least 4 members (excludes halogenated alkanes) is 4. The molecule has 2 saturated carbocycles. The van der Waals surface area contributed by atoms with Crippen LogP contribution in [-0.2, 0) is 10.2 Å². The van der Waals surface area contributed by atoms with Crippen LogP contribution >= 0.6 is 0 Å². The SMILES string of the molecule is CCCCCCC1CCC(c2ccc(C3(C(=O)O)CCC(CCCC)CC3)cc2)CC1. The number of carbonyl (C=O) groups is 1. The van der Waals surface area contributed by atoms with Crippen molar-refractivity contribution in [3.63, 3.8) is 0 Å². The largest absolute Gasteiger partial charge is 0.481 e. The summed E-state index contributed by atoms with van der Waals surface area (Å²) in [6.45, 7) is 4.53. The number of aliphatic carboxylic acids is 1. The molecule has 31 heavy (non-hydrogen) atoms. The van der Waals surface area contributed by atoms with Gasteiger partial charge in [0, 0.05) is 0 Å². The molecular formula is C29H46O2. The zero-order chi connectivity index (χ0) is 22.1. The van der Waals surface area contributed by atoms with Crippen molar-refractivity contribution in [3.8, 4) is 0 Å². The van der Waals surface area contributed by atoms with E-state index in [2.05, 4.69) is 38.1 Å². The predicted octanol–water partition coefficient (Wildman–Crippen LogP) is 8.63. The van der Waals surface area contributed by atoms with Crippen molar-refractivity contribution in [1.82, 2.24) is 0 Å². The van der Waals surface area contributed by atoms with Gasteiger partial charge in [0.05, 0.1) is 5.41 Å². The first-order valence-electron chi connectivity index (χ1n) is 13.4. The average molecular weight is 427 g/mol. The molecule has 0 spiro atoms. The van der Waals surface area contributed by atoms with Gasteiger partial charge in [0.25, 0.3) is 0 Å². The van der Waals surface area contributed by atoms with Crippen LogP contribution in [0.4, 0.5) is 0 Å². The predicted molar refractivity (Wildman–Crippen MR) is 131 cm³/mol. The second kappa shape index (κ2) is 12.1. The van der Waals surface area contributed by atoms with Gasteiger partial charge in [0.1, 0.15) is 0 Å². The maximum Gasteiger partial charge on any atom is 0.314 e. The van der Waals surface area contributed by atoms with Crippen molar-refractivity contribution in [1.29, 1.82) is 0 Å². The van der Waals surface area contributed by atoms with Crippen LogP contribution < -0.4 is 0 Å². The molecular weight excluding hydrogens is 380 g/mol. The molecule has 2 heteroatoms. The lowest BCUT2D eigenvalue weighted by Crippen LogP contribution is -2.39. The Morgan fingerprint density at radius 1 is 0.806 bits per heavy atom. The molecule has 2 aliphatic rings. The highest BCUT2D eigenvalue weighted by Crippen LogP contribution is 2.44. The maximum absolute atomic E-state index is 12.3. The Morgan fingerprint density at radius 3 is 1.97 bits per heavy atom. The lowest BCUT2D eigenvalue weighted by atomic mass is 9.65. The summed E-state index contributed by atoms with van der Waals surface area (Å²) in [5, 5.41) is 10.2. The van der Waals surface area contributed by atoms with Gasteiger partial charge in [-0.2, -0.15) is 0 Å². The summed E-state index contributed by atoms with van der Waals surface area (Å²) in [6.07, 6.45) is 19.8. The monoisotopic (exact) mass is 426 g/mol. The summed E-state index contributed by atoms with van der Waals surface area (Å²) >= 11 is 0. The summed E-state index contributed by atoms with van der Waals surface area (Å²) in [4.78, 5) is 12.3. The van der Waals surface area contributed by atoms with E-state index in [1.165, 1.54) is 82.6 Å². The van der Waals surface area contributed by atoms with Crippen LogP contribution in [0.3, 0.4) is 0 Å². The molecule has 0 radical (unpaired) electrons. The first-order valence-corrected chi connectivity index (χ1v) is 13.4. The van der Waals surface area contributed by atoms with E-state index in [0.29, 0.717) is 5.92 Å². The van der Waals surface area contributed by atoms with E-state index in [4.69, 9.17) is 0 Å². The number of benzene rings is 1. The van der Waals surface area contributed by atoms with Crippen LogP contribution in [0.1, 0.15) is 134 Å². The minimum absolute atomic E-state index is 0.613. The molecule has 0 unspecified atom stereocenters. The summed E-state index contributed by atoms with van der Waals surface area (Å²) in [5.74, 6) is 1.72. The van der Waals surface area contributed by atoms with Gasteiger partial charge in [-0.25, -0.2) is 0 Å². The minimum atomic E-state index is -0.655. The van der Waals surface area contributed by atoms with Crippen molar-refractivity contribution < 1.29 is 9.90 Å². The van der Waals surface area contributed by atoms with Crippen LogP contribution in [0.5, 0.6) is 0 Å². The van der Waals surface area contributed by atoms with Crippen LogP contribution in [0, 0.1) is 11.8 Å². The van der Waals surface area contributed by atoms with Crippen molar-refractivity contribution >= 4 is 5.97 Å². The molecule has 0 aliphatic heterocycles. The summed E-state index contributed by atoms with van der Waals surface area (Å²) < 4.78 is 0. The summed E-state index contributed by atoms with van der Waals surface area (Å²) in [7, 11) is 0. The lowest BCUT2D eigenvalue weighted by Gasteiger charge is -2.37. The Bertz CT molecular complexity index is 646. The fourth-order valence-corrected chi connectivity index (χ4v) is 6.30. The van der Waals surface area contributed by atoms with Gasteiger partial charge in [-0.1, -0.05) is 89.5 Å². The fourth-order valence-electron chi connectivity index (χ4n) is 6.30. The maximum atomic E-state index is 12.3. The average Bonchev–Trinajstić information content (AvgIpc) is 2.81. The quantitative estimate of drug-likeness (QED) is 0.359. The molecule has 2 aliphatic carbocycles. The molecule has 0 bridgehead atoms. The minimum Gasteiger partial charge on any atom is -0.481 e. The number of carboxylic acids is 1. The molecule has 1 aromatic rings. The zero-order valence-electron chi connectivity index (χ0n) is 20.2. The number of hydrogen-bond donors (Lipinski definition) is 1. The van der Waals surface area contributed by atoms with E-state index in [-0.39, 0.29) is 0 Å². The molecule has 1 N–H and O–H groups in total. The molecule has 1 aromatic carbocycles. The van der Waals surface area contributed by atoms with Gasteiger partial charge in [-0.3, -0.25) is 4.79 Å². The highest BCUT2D eigenvalue weighted by molar-refractivity contribution is 5.81. The Labute approximate surface area is 191 Å². The van der Waals surface area contributed by atoms with Crippen LogP contribution in [-0.4, -0.2) is 11.1 Å². The Kier molecular flexibility index (Phi) is 9.48. The fraction of sp³-hybridized carbons (Fsp3) is 0.759. The third-order valence-corrected chi connectivity index (χ3v) is 8.58. The highest BCUT2D eigenvalue weighted by Gasteiger charge is 2.43. The Hall–Kier alpha value is -1.31. The molecule has 2 nitrogen and oxygen atoms in total. The Morgan fingerprint density at radius 2 is 1.39 bits per heavy atom. The summed E-state index contributed by atoms with van der Waals surface area (Å²) in [5.41, 5.74) is 1.82. The highest BCUT2D eigenvalue weighted by atomic mass is 16.4. The first-order chi connectivity index (χ1) is 15.1. The zero-order valence-corrected chi connectivity index (χ0v) is 20.2. The van der Waals surface area contributed by atoms with Gasteiger partial charge in [0.15, 0.2) is 0 Å². The number of carboxylic acid groups (broad SMARTS) is 1. The molecule has 174 valence electrons. The van der Waals surface area contributed by atoms with Crippen LogP contribution in [0.15, 0.2) is 24.3 Å². The third kappa shape index (κ3) is 6.36. The van der Waals surface area contributed by atoms with E-state index in [0.717, 1.165) is 43.1 Å². The lowest BCUT2D eigenvalue weighted by molar-refractivity contribution is -0.145. The number of rotatable bonds is 11. The Balaban J connectivity index is 1.55. The molecule has 2 fully saturated rings. The van der Waals surface area contributed by atoms with Gasteiger partial charge < -0.3 is 5.11 Å². The second-order valence-electron chi connectivity index (χ2n) is 10.7. The van der Waals surface area contributed by atoms with Crippen LogP contribution in [0.2, 0.25) is 0 Å². The molecule has 0 atom stereocenters. The normalized spacial score (nSPS) is 29.0. The van der Waals surface area contributed by atoms with Gasteiger partial charge in [-0.15, -0.1) is 0 Å². The molecule has 0 amide bonds. The van der Waals surface area contributed by atoms with Crippen molar-refractivity contribution in [3.05, 3.63) is 35.4 Å². The van der Waals surface area contributed by atoms with E-state index >= 15 is 0 Å². The van der Waals surface area contributed by atoms with Gasteiger partial charge in [0.2, 0.25) is 0 Å². The topological polar surface area (TPSA) is 37.3 Å². The van der Waals surface area contributed by atoms with Crippen molar-refractivity contribution in [2.45, 2.75) is 128 Å². The van der Waals surface area contributed by atoms with Gasteiger partial charge in [-0.05, 0) is 80.2 Å². The van der Waals surface area contributed by atoms with E-state index < -0.39 is 11.4 Å². The number of hydrogen-bond acceptors (Lipinski definition) is 1. The first kappa shape index (κ1) is 24.3. The standard InChI is InChI=1S/C29H46O2/c1-3-5-7-8-10-23-11-13-25(14-12-23)26-15-17-27(18-16-26)29(28(30)31)21-19-24(20-22-29)9-6-4-2/h15-18,23-25H,3-14,19-22H2,1-2H3,(H,30,31). The molecule has 3 rings (SSSR count). The molecule has 0 saturated heterocycles. The summed E-state index contributed by atoms with van der Waals surface area (Å²) in [6, 6.07) is 8.84. The molecule has 0 heterocycles. The van der Waals surface area contributed by atoms with Crippen molar-refractivity contribution in [2.75, 3.05) is 0 Å². The van der Waals surface area contributed by atoms with E-state index in [1.54, 1.807) is 0 Å². The third-order valence-electron chi connectivity index (χ3n) is 8.58. The van der Waals surface area contributed by atoms with Crippen LogP contribution in [0.25, 0.3) is 0 Å². The van der Waals surface area contributed by atoms with Crippen molar-refractivity contribution in [2.24, 2.45) is 11.8 Å². The van der Waals surface area contributed by atoms with Gasteiger partial charge >= 0.3 is 5.97 Å².